The number of fused-ring (bicyclic) bond motifs is 1. The second-order valence-corrected chi connectivity index (χ2v) is 6.15. The SMILES string of the molecule is COc1ccc2c(c1)[C@@H](N1CCCCCC1=O)C[C@@H](C)N2. The van der Waals surface area contributed by atoms with Crippen LogP contribution in [0.2, 0.25) is 0 Å². The monoisotopic (exact) mass is 288 g/mol. The number of amides is 1. The van der Waals surface area contributed by atoms with E-state index in [0.717, 1.165) is 43.7 Å². The Bertz CT molecular complexity index is 530. The molecule has 1 saturated heterocycles. The van der Waals surface area contributed by atoms with E-state index in [1.54, 1.807) is 7.11 Å². The average molecular weight is 288 g/mol. The molecule has 4 nitrogen and oxygen atoms in total. The number of anilines is 1. The minimum Gasteiger partial charge on any atom is -0.497 e. The summed E-state index contributed by atoms with van der Waals surface area (Å²) in [5.74, 6) is 1.16. The zero-order chi connectivity index (χ0) is 14.8. The number of methoxy groups -OCH3 is 1. The van der Waals surface area contributed by atoms with Crippen LogP contribution in [0.25, 0.3) is 0 Å². The Kier molecular flexibility index (Phi) is 4.04. The standard InChI is InChI=1S/C17H24N2O2/c1-12-10-16(19-9-5-3-4-6-17(19)20)14-11-13(21-2)7-8-15(14)18-12/h7-8,11-12,16,18H,3-6,9-10H2,1-2H3/t12-,16+/m1/s1. The minimum atomic E-state index is 0.178. The third kappa shape index (κ3) is 2.85. The molecule has 0 bridgehead atoms. The van der Waals surface area contributed by atoms with Gasteiger partial charge < -0.3 is 15.0 Å². The molecule has 1 amide bonds. The Hall–Kier alpha value is -1.71. The molecule has 0 unspecified atom stereocenters. The number of benzene rings is 1. The highest BCUT2D eigenvalue weighted by Gasteiger charge is 2.32. The number of hydrogen-bond acceptors (Lipinski definition) is 3. The molecule has 2 atom stereocenters. The van der Waals surface area contributed by atoms with Gasteiger partial charge in [0.25, 0.3) is 0 Å². The Morgan fingerprint density at radius 2 is 2.14 bits per heavy atom. The van der Waals surface area contributed by atoms with E-state index in [9.17, 15) is 4.79 Å². The van der Waals surface area contributed by atoms with Crippen molar-refractivity contribution in [1.82, 2.24) is 4.90 Å². The highest BCUT2D eigenvalue weighted by atomic mass is 16.5. The molecule has 1 N–H and O–H groups in total. The van der Waals surface area contributed by atoms with Gasteiger partial charge in [0.05, 0.1) is 13.2 Å². The van der Waals surface area contributed by atoms with Gasteiger partial charge in [-0.2, -0.15) is 0 Å². The van der Waals surface area contributed by atoms with Gasteiger partial charge in [-0.05, 0) is 44.4 Å². The first-order valence-corrected chi connectivity index (χ1v) is 7.93. The maximum atomic E-state index is 12.5. The van der Waals surface area contributed by atoms with Crippen molar-refractivity contribution in [1.29, 1.82) is 0 Å². The van der Waals surface area contributed by atoms with Crippen molar-refractivity contribution in [3.63, 3.8) is 0 Å². The van der Waals surface area contributed by atoms with E-state index in [1.165, 1.54) is 5.56 Å². The predicted molar refractivity (Wildman–Crippen MR) is 83.6 cm³/mol. The first-order valence-electron chi connectivity index (χ1n) is 7.93. The fraction of sp³-hybridized carbons (Fsp3) is 0.588. The van der Waals surface area contributed by atoms with Crippen LogP contribution in [0.5, 0.6) is 5.75 Å². The van der Waals surface area contributed by atoms with E-state index < -0.39 is 0 Å². The third-order valence-electron chi connectivity index (χ3n) is 4.58. The van der Waals surface area contributed by atoms with E-state index in [0.29, 0.717) is 18.4 Å². The van der Waals surface area contributed by atoms with E-state index in [1.807, 2.05) is 6.07 Å². The van der Waals surface area contributed by atoms with Crippen molar-refractivity contribution >= 4 is 11.6 Å². The second kappa shape index (κ2) is 5.96. The number of rotatable bonds is 2. The largest absolute Gasteiger partial charge is 0.497 e. The number of hydrogen-bond donors (Lipinski definition) is 1. The van der Waals surface area contributed by atoms with E-state index in [4.69, 9.17) is 4.74 Å². The van der Waals surface area contributed by atoms with Crippen LogP contribution in [0.4, 0.5) is 5.69 Å². The smallest absolute Gasteiger partial charge is 0.223 e. The highest BCUT2D eigenvalue weighted by Crippen LogP contribution is 2.39. The van der Waals surface area contributed by atoms with Gasteiger partial charge >= 0.3 is 0 Å². The number of nitrogens with one attached hydrogen (secondary N) is 1. The van der Waals surface area contributed by atoms with Crippen molar-refractivity contribution in [3.05, 3.63) is 23.8 Å². The lowest BCUT2D eigenvalue weighted by molar-refractivity contribution is -0.133. The molecule has 3 rings (SSSR count). The first kappa shape index (κ1) is 14.2. The molecule has 0 saturated carbocycles. The fourth-order valence-electron chi connectivity index (χ4n) is 3.49. The molecule has 0 radical (unpaired) electrons. The summed E-state index contributed by atoms with van der Waals surface area (Å²) in [7, 11) is 1.69. The number of carbonyl (C=O) groups is 1. The van der Waals surface area contributed by atoms with Crippen LogP contribution < -0.4 is 10.1 Å². The number of nitrogens with zero attached hydrogens (tertiary/aromatic N) is 1. The molecule has 0 aliphatic carbocycles. The molecule has 2 aliphatic heterocycles. The normalized spacial score (nSPS) is 25.8. The Balaban J connectivity index is 1.96. The summed E-state index contributed by atoms with van der Waals surface area (Å²) in [5.41, 5.74) is 2.33. The van der Waals surface area contributed by atoms with Crippen LogP contribution in [-0.2, 0) is 4.79 Å². The van der Waals surface area contributed by atoms with Crippen LogP contribution in [-0.4, -0.2) is 30.5 Å². The maximum Gasteiger partial charge on any atom is 0.223 e. The van der Waals surface area contributed by atoms with Gasteiger partial charge in [0, 0.05) is 30.3 Å². The molecule has 0 aromatic heterocycles. The van der Waals surface area contributed by atoms with Crippen molar-refractivity contribution in [2.45, 2.75) is 51.1 Å². The van der Waals surface area contributed by atoms with Crippen molar-refractivity contribution in [2.24, 2.45) is 0 Å². The van der Waals surface area contributed by atoms with Crippen molar-refractivity contribution in [2.75, 3.05) is 19.0 Å². The van der Waals surface area contributed by atoms with Gasteiger partial charge in [-0.25, -0.2) is 0 Å². The van der Waals surface area contributed by atoms with Gasteiger partial charge in [0.2, 0.25) is 5.91 Å². The maximum absolute atomic E-state index is 12.5. The van der Waals surface area contributed by atoms with Crippen LogP contribution in [0, 0.1) is 0 Å². The van der Waals surface area contributed by atoms with E-state index in [-0.39, 0.29) is 6.04 Å². The second-order valence-electron chi connectivity index (χ2n) is 6.15. The molecule has 21 heavy (non-hydrogen) atoms. The molecule has 114 valence electrons. The average Bonchev–Trinajstić information content (AvgIpc) is 2.70. The summed E-state index contributed by atoms with van der Waals surface area (Å²) < 4.78 is 5.36. The zero-order valence-electron chi connectivity index (χ0n) is 12.9. The van der Waals surface area contributed by atoms with Crippen molar-refractivity contribution < 1.29 is 9.53 Å². The third-order valence-corrected chi connectivity index (χ3v) is 4.58. The van der Waals surface area contributed by atoms with Crippen LogP contribution in [0.1, 0.15) is 50.6 Å². The summed E-state index contributed by atoms with van der Waals surface area (Å²) in [5, 5.41) is 3.52. The molecule has 1 aromatic rings. The Labute approximate surface area is 126 Å². The zero-order valence-corrected chi connectivity index (χ0v) is 12.9. The number of likely N-dealkylation sites (tertiary alicyclic amines) is 1. The number of carbonyl (C=O) groups excluding carboxylic acids is 1. The molecule has 2 heterocycles. The fourth-order valence-corrected chi connectivity index (χ4v) is 3.49. The lowest BCUT2D eigenvalue weighted by Gasteiger charge is -2.38. The number of ether oxygens (including phenoxy) is 1. The molecular formula is C17H24N2O2. The lowest BCUT2D eigenvalue weighted by Crippen LogP contribution is -2.39. The van der Waals surface area contributed by atoms with E-state index >= 15 is 0 Å². The summed E-state index contributed by atoms with van der Waals surface area (Å²) in [6, 6.07) is 6.69. The van der Waals surface area contributed by atoms with Gasteiger partial charge in [0.15, 0.2) is 0 Å². The highest BCUT2D eigenvalue weighted by molar-refractivity contribution is 5.77. The summed E-state index contributed by atoms with van der Waals surface area (Å²) in [4.78, 5) is 14.6. The van der Waals surface area contributed by atoms with Crippen LogP contribution >= 0.6 is 0 Å². The minimum absolute atomic E-state index is 0.178. The lowest BCUT2D eigenvalue weighted by atomic mass is 9.92. The van der Waals surface area contributed by atoms with Crippen LogP contribution in [0.3, 0.4) is 0 Å². The van der Waals surface area contributed by atoms with Gasteiger partial charge in [-0.3, -0.25) is 4.79 Å². The van der Waals surface area contributed by atoms with Gasteiger partial charge in [-0.1, -0.05) is 6.42 Å². The molecule has 1 aromatic carbocycles. The molecule has 4 heteroatoms. The summed E-state index contributed by atoms with van der Waals surface area (Å²) in [6.45, 7) is 3.06. The van der Waals surface area contributed by atoms with Crippen molar-refractivity contribution in [3.8, 4) is 5.75 Å². The topological polar surface area (TPSA) is 41.6 Å². The Morgan fingerprint density at radius 1 is 1.29 bits per heavy atom. The Morgan fingerprint density at radius 3 is 2.95 bits per heavy atom. The first-order chi connectivity index (χ1) is 10.2. The molecule has 1 fully saturated rings. The molecule has 0 spiro atoms. The molecule has 2 aliphatic rings. The summed E-state index contributed by atoms with van der Waals surface area (Å²) >= 11 is 0. The van der Waals surface area contributed by atoms with Gasteiger partial charge in [0.1, 0.15) is 5.75 Å². The molecular weight excluding hydrogens is 264 g/mol. The summed E-state index contributed by atoms with van der Waals surface area (Å²) in [6.07, 6.45) is 4.96. The predicted octanol–water partition coefficient (Wildman–Crippen LogP) is 3.34. The van der Waals surface area contributed by atoms with Crippen LogP contribution in [0.15, 0.2) is 18.2 Å². The quantitative estimate of drug-likeness (QED) is 0.907. The van der Waals surface area contributed by atoms with E-state index in [2.05, 4.69) is 29.3 Å². The van der Waals surface area contributed by atoms with Gasteiger partial charge in [-0.15, -0.1) is 0 Å².